The minimum atomic E-state index is -0.371. The van der Waals surface area contributed by atoms with Gasteiger partial charge < -0.3 is 10.1 Å². The van der Waals surface area contributed by atoms with Gasteiger partial charge in [-0.2, -0.15) is 5.10 Å². The highest BCUT2D eigenvalue weighted by molar-refractivity contribution is 7.13. The number of amides is 1. The molecule has 0 aliphatic rings. The maximum atomic E-state index is 12.8. The fraction of sp³-hybridized carbons (Fsp3) is 0.167. The van der Waals surface area contributed by atoms with E-state index >= 15 is 0 Å². The topological polar surface area (TPSA) is 73.2 Å². The number of halogens is 1. The molecule has 2 aromatic heterocycles. The van der Waals surface area contributed by atoms with Crippen LogP contribution in [-0.2, 0) is 11.3 Å². The summed E-state index contributed by atoms with van der Waals surface area (Å²) in [5.74, 6) is -0.301. The molecule has 1 amide bonds. The van der Waals surface area contributed by atoms with E-state index in [2.05, 4.69) is 10.4 Å². The lowest BCUT2D eigenvalue weighted by Crippen LogP contribution is -2.34. The van der Waals surface area contributed by atoms with Gasteiger partial charge in [0.05, 0.1) is 11.4 Å². The molecule has 3 aromatic rings. The van der Waals surface area contributed by atoms with Gasteiger partial charge in [0.25, 0.3) is 11.5 Å². The minimum absolute atomic E-state index is 0.191. The third kappa shape index (κ3) is 4.76. The maximum Gasteiger partial charge on any atom is 0.266 e. The molecule has 0 saturated carbocycles. The van der Waals surface area contributed by atoms with E-state index in [-0.39, 0.29) is 37.0 Å². The van der Waals surface area contributed by atoms with Gasteiger partial charge in [0.15, 0.2) is 6.61 Å². The minimum Gasteiger partial charge on any atom is -0.484 e. The third-order valence-corrected chi connectivity index (χ3v) is 4.36. The maximum absolute atomic E-state index is 12.8. The fourth-order valence-corrected chi connectivity index (χ4v) is 2.89. The number of nitrogens with one attached hydrogen (secondary N) is 1. The average molecular weight is 373 g/mol. The van der Waals surface area contributed by atoms with Gasteiger partial charge in [-0.05, 0) is 41.8 Å². The monoisotopic (exact) mass is 373 g/mol. The number of carbonyl (C=O) groups is 1. The van der Waals surface area contributed by atoms with Crippen molar-refractivity contribution in [3.05, 3.63) is 70.1 Å². The Kier molecular flexibility index (Phi) is 5.75. The average Bonchev–Trinajstić information content (AvgIpc) is 3.17. The van der Waals surface area contributed by atoms with Gasteiger partial charge in [-0.15, -0.1) is 11.3 Å². The Bertz CT molecular complexity index is 924. The van der Waals surface area contributed by atoms with Gasteiger partial charge in [-0.3, -0.25) is 9.59 Å². The molecule has 0 saturated heterocycles. The highest BCUT2D eigenvalue weighted by Gasteiger charge is 2.06. The fourth-order valence-electron chi connectivity index (χ4n) is 2.20. The number of ether oxygens (including phenoxy) is 1. The second-order valence-corrected chi connectivity index (χ2v) is 6.30. The molecule has 0 unspecified atom stereocenters. The van der Waals surface area contributed by atoms with E-state index in [4.69, 9.17) is 4.74 Å². The van der Waals surface area contributed by atoms with Gasteiger partial charge in [-0.1, -0.05) is 6.07 Å². The molecular weight excluding hydrogens is 357 g/mol. The van der Waals surface area contributed by atoms with Gasteiger partial charge in [0.2, 0.25) is 0 Å². The predicted molar refractivity (Wildman–Crippen MR) is 96.7 cm³/mol. The van der Waals surface area contributed by atoms with Crippen LogP contribution in [-0.4, -0.2) is 28.8 Å². The number of benzene rings is 1. The van der Waals surface area contributed by atoms with E-state index in [0.717, 1.165) is 4.88 Å². The second kappa shape index (κ2) is 8.39. The Labute approximate surface area is 152 Å². The summed E-state index contributed by atoms with van der Waals surface area (Å²) < 4.78 is 19.4. The van der Waals surface area contributed by atoms with Crippen LogP contribution < -0.4 is 15.6 Å². The van der Waals surface area contributed by atoms with Gasteiger partial charge in [0.1, 0.15) is 17.3 Å². The predicted octanol–water partition coefficient (Wildman–Crippen LogP) is 2.31. The Morgan fingerprint density at radius 2 is 2.00 bits per heavy atom. The smallest absolute Gasteiger partial charge is 0.266 e. The van der Waals surface area contributed by atoms with E-state index in [0.29, 0.717) is 11.4 Å². The number of carbonyl (C=O) groups excluding carboxylic acids is 1. The molecule has 0 radical (unpaired) electrons. The molecule has 0 aliphatic heterocycles. The first kappa shape index (κ1) is 17.8. The van der Waals surface area contributed by atoms with E-state index in [1.54, 1.807) is 6.07 Å². The molecule has 6 nitrogen and oxygen atoms in total. The largest absolute Gasteiger partial charge is 0.484 e. The van der Waals surface area contributed by atoms with Gasteiger partial charge in [0, 0.05) is 12.6 Å². The number of thiophene rings is 1. The summed E-state index contributed by atoms with van der Waals surface area (Å²) in [5.41, 5.74) is 0.479. The van der Waals surface area contributed by atoms with Crippen LogP contribution in [0.4, 0.5) is 4.39 Å². The van der Waals surface area contributed by atoms with Crippen molar-refractivity contribution < 1.29 is 13.9 Å². The zero-order valence-corrected chi connectivity index (χ0v) is 14.5. The highest BCUT2D eigenvalue weighted by atomic mass is 32.1. The van der Waals surface area contributed by atoms with Crippen LogP contribution in [0.2, 0.25) is 0 Å². The summed E-state index contributed by atoms with van der Waals surface area (Å²) in [4.78, 5) is 24.7. The lowest BCUT2D eigenvalue weighted by Gasteiger charge is -2.09. The van der Waals surface area contributed by atoms with Crippen molar-refractivity contribution in [3.8, 4) is 16.3 Å². The Balaban J connectivity index is 1.49. The molecule has 0 aliphatic carbocycles. The first-order chi connectivity index (χ1) is 12.6. The van der Waals surface area contributed by atoms with Crippen LogP contribution >= 0.6 is 11.3 Å². The summed E-state index contributed by atoms with van der Waals surface area (Å²) in [5, 5.41) is 8.91. The molecule has 0 spiro atoms. The van der Waals surface area contributed by atoms with E-state index < -0.39 is 0 Å². The van der Waals surface area contributed by atoms with Crippen LogP contribution in [0, 0.1) is 5.82 Å². The van der Waals surface area contributed by atoms with Crippen LogP contribution in [0.1, 0.15) is 0 Å². The first-order valence-corrected chi connectivity index (χ1v) is 8.77. The van der Waals surface area contributed by atoms with Crippen molar-refractivity contribution >= 4 is 17.2 Å². The first-order valence-electron chi connectivity index (χ1n) is 7.89. The quantitative estimate of drug-likeness (QED) is 0.690. The zero-order valence-electron chi connectivity index (χ0n) is 13.7. The molecule has 26 heavy (non-hydrogen) atoms. The van der Waals surface area contributed by atoms with Crippen molar-refractivity contribution in [2.75, 3.05) is 13.2 Å². The highest BCUT2D eigenvalue weighted by Crippen LogP contribution is 2.20. The summed E-state index contributed by atoms with van der Waals surface area (Å²) in [6.45, 7) is 0.302. The molecule has 134 valence electrons. The Hall–Kier alpha value is -3.00. The Morgan fingerprint density at radius 1 is 1.19 bits per heavy atom. The summed E-state index contributed by atoms with van der Waals surface area (Å²) >= 11 is 1.54. The molecule has 8 heteroatoms. The lowest BCUT2D eigenvalue weighted by atomic mass is 10.3. The standard InChI is InChI=1S/C18H16FN3O3S/c19-13-3-5-14(6-4-13)25-12-17(23)20-9-10-22-18(24)8-7-15(21-22)16-2-1-11-26-16/h1-8,11H,9-10,12H2,(H,20,23). The number of nitrogens with zero attached hydrogens (tertiary/aromatic N) is 2. The van der Waals surface area contributed by atoms with E-state index in [9.17, 15) is 14.0 Å². The second-order valence-electron chi connectivity index (χ2n) is 5.35. The molecule has 0 atom stereocenters. The van der Waals surface area contributed by atoms with Crippen LogP contribution in [0.3, 0.4) is 0 Å². The summed E-state index contributed by atoms with van der Waals surface area (Å²) in [6.07, 6.45) is 0. The normalized spacial score (nSPS) is 10.5. The van der Waals surface area contributed by atoms with Crippen LogP contribution in [0.15, 0.2) is 58.7 Å². The number of hydrogen-bond donors (Lipinski definition) is 1. The third-order valence-electron chi connectivity index (χ3n) is 3.47. The van der Waals surface area contributed by atoms with Crippen molar-refractivity contribution in [1.29, 1.82) is 0 Å². The molecule has 1 aromatic carbocycles. The van der Waals surface area contributed by atoms with E-state index in [1.165, 1.54) is 46.4 Å². The lowest BCUT2D eigenvalue weighted by molar-refractivity contribution is -0.123. The van der Waals surface area contributed by atoms with Crippen molar-refractivity contribution in [2.45, 2.75) is 6.54 Å². The molecular formula is C18H16FN3O3S. The van der Waals surface area contributed by atoms with Crippen molar-refractivity contribution in [2.24, 2.45) is 0 Å². The van der Waals surface area contributed by atoms with Crippen LogP contribution in [0.5, 0.6) is 5.75 Å². The van der Waals surface area contributed by atoms with Gasteiger partial charge in [-0.25, -0.2) is 9.07 Å². The number of aromatic nitrogens is 2. The SMILES string of the molecule is O=C(COc1ccc(F)cc1)NCCn1nc(-c2cccs2)ccc1=O. The molecule has 0 fully saturated rings. The molecule has 0 bridgehead atoms. The molecule has 2 heterocycles. The number of hydrogen-bond acceptors (Lipinski definition) is 5. The summed E-state index contributed by atoms with van der Waals surface area (Å²) in [7, 11) is 0. The van der Waals surface area contributed by atoms with Crippen molar-refractivity contribution in [3.63, 3.8) is 0 Å². The Morgan fingerprint density at radius 3 is 2.73 bits per heavy atom. The molecule has 1 N–H and O–H groups in total. The number of rotatable bonds is 7. The molecule has 3 rings (SSSR count). The van der Waals surface area contributed by atoms with Crippen LogP contribution in [0.25, 0.3) is 10.6 Å². The van der Waals surface area contributed by atoms with Gasteiger partial charge >= 0.3 is 0 Å². The summed E-state index contributed by atoms with van der Waals surface area (Å²) in [6, 6.07) is 12.4. The van der Waals surface area contributed by atoms with E-state index in [1.807, 2.05) is 17.5 Å². The van der Waals surface area contributed by atoms with Crippen molar-refractivity contribution in [1.82, 2.24) is 15.1 Å². The zero-order chi connectivity index (χ0) is 18.4.